The second-order valence-electron chi connectivity index (χ2n) is 6.47. The van der Waals surface area contributed by atoms with Crippen molar-refractivity contribution in [3.8, 4) is 11.8 Å². The number of rotatable bonds is 5. The molecule has 29 heavy (non-hydrogen) atoms. The Kier molecular flexibility index (Phi) is 5.40. The Balaban J connectivity index is 1.74. The average Bonchev–Trinajstić information content (AvgIpc) is 3.04. The zero-order valence-corrected chi connectivity index (χ0v) is 15.8. The van der Waals surface area contributed by atoms with Crippen molar-refractivity contribution in [2.75, 3.05) is 0 Å². The smallest absolute Gasteiger partial charge is 0.406 e. The van der Waals surface area contributed by atoms with Crippen molar-refractivity contribution in [3.05, 3.63) is 59.2 Å². The second-order valence-corrected chi connectivity index (χ2v) is 6.88. The van der Waals surface area contributed by atoms with E-state index in [-0.39, 0.29) is 12.1 Å². The summed E-state index contributed by atoms with van der Waals surface area (Å²) >= 11 is 6.12. The molecule has 0 aliphatic heterocycles. The molecule has 2 aromatic carbocycles. The Hall–Kier alpha value is -3.25. The number of hydrogen-bond acceptors (Lipinski definition) is 4. The first kappa shape index (κ1) is 20.5. The van der Waals surface area contributed by atoms with Crippen molar-refractivity contribution in [3.63, 3.8) is 0 Å². The molecule has 10 heteroatoms. The number of carbonyl (C=O) groups excluding carboxylic acids is 1. The lowest BCUT2D eigenvalue weighted by molar-refractivity contribution is -0.274. The van der Waals surface area contributed by atoms with Crippen LogP contribution in [0.25, 0.3) is 10.9 Å². The topological polar surface area (TPSA) is 79.9 Å². The van der Waals surface area contributed by atoms with Gasteiger partial charge in [-0.2, -0.15) is 10.4 Å². The highest BCUT2D eigenvalue weighted by atomic mass is 35.5. The Bertz CT molecular complexity index is 1090. The van der Waals surface area contributed by atoms with Crippen LogP contribution in [0.2, 0.25) is 5.02 Å². The van der Waals surface area contributed by atoms with Crippen LogP contribution in [0.1, 0.15) is 17.3 Å². The van der Waals surface area contributed by atoms with Crippen molar-refractivity contribution in [1.82, 2.24) is 15.1 Å². The van der Waals surface area contributed by atoms with Crippen LogP contribution in [0.3, 0.4) is 0 Å². The molecule has 1 atom stereocenters. The molecule has 3 rings (SSSR count). The zero-order valence-electron chi connectivity index (χ0n) is 15.0. The predicted octanol–water partition coefficient (Wildman–Crippen LogP) is 4.30. The summed E-state index contributed by atoms with van der Waals surface area (Å²) in [5.41, 5.74) is -0.605. The predicted molar refractivity (Wildman–Crippen MR) is 99.4 cm³/mol. The summed E-state index contributed by atoms with van der Waals surface area (Å²) in [4.78, 5) is 12.5. The lowest BCUT2D eigenvalue weighted by Crippen LogP contribution is -2.48. The van der Waals surface area contributed by atoms with Gasteiger partial charge in [-0.05, 0) is 43.3 Å². The monoisotopic (exact) mass is 422 g/mol. The number of halogens is 4. The molecular weight excluding hydrogens is 409 g/mol. The van der Waals surface area contributed by atoms with E-state index in [0.717, 1.165) is 12.1 Å². The molecule has 0 aliphatic carbocycles. The molecule has 6 nitrogen and oxygen atoms in total. The van der Waals surface area contributed by atoms with E-state index in [9.17, 15) is 23.2 Å². The first-order valence-electron chi connectivity index (χ1n) is 8.30. The Morgan fingerprint density at radius 2 is 1.97 bits per heavy atom. The number of ether oxygens (including phenoxy) is 1. The Labute approximate surface area is 168 Å². The van der Waals surface area contributed by atoms with Gasteiger partial charge in [0.1, 0.15) is 11.3 Å². The number of nitrogens with zero attached hydrogens (tertiary/aromatic N) is 3. The molecule has 1 unspecified atom stereocenters. The minimum Gasteiger partial charge on any atom is -0.406 e. The van der Waals surface area contributed by atoms with Gasteiger partial charge in [0.2, 0.25) is 0 Å². The maximum atomic E-state index is 12.5. The standard InChI is InChI=1S/C19H14ClF3N4O2/c1-18(10-24,11-27-9-14-15(20)3-2-4-16(14)26-27)25-17(28)12-5-7-13(8-6-12)29-19(21,22)23/h2-9H,11H2,1H3,(H,25,28). The van der Waals surface area contributed by atoms with Gasteiger partial charge in [0.15, 0.2) is 0 Å². The summed E-state index contributed by atoms with van der Waals surface area (Å²) in [6, 6.07) is 11.7. The van der Waals surface area contributed by atoms with Crippen LogP contribution in [0.15, 0.2) is 48.7 Å². The fourth-order valence-corrected chi connectivity index (χ4v) is 2.91. The van der Waals surface area contributed by atoms with Crippen LogP contribution in [0.4, 0.5) is 13.2 Å². The number of benzene rings is 2. The minimum atomic E-state index is -4.82. The number of hydrogen-bond donors (Lipinski definition) is 1. The lowest BCUT2D eigenvalue weighted by atomic mass is 10.0. The molecule has 0 bridgehead atoms. The van der Waals surface area contributed by atoms with Crippen molar-refractivity contribution in [1.29, 1.82) is 5.26 Å². The van der Waals surface area contributed by atoms with Gasteiger partial charge in [0.25, 0.3) is 5.91 Å². The zero-order chi connectivity index (χ0) is 21.2. The van der Waals surface area contributed by atoms with Crippen molar-refractivity contribution >= 4 is 28.4 Å². The van der Waals surface area contributed by atoms with E-state index in [4.69, 9.17) is 11.6 Å². The molecule has 1 heterocycles. The van der Waals surface area contributed by atoms with Gasteiger partial charge in [-0.15, -0.1) is 13.2 Å². The van der Waals surface area contributed by atoms with Gasteiger partial charge >= 0.3 is 6.36 Å². The number of alkyl halides is 3. The SMILES string of the molecule is CC(C#N)(Cn1cc2c(Cl)cccc2n1)NC(=O)c1ccc(OC(F)(F)F)cc1. The van der Waals surface area contributed by atoms with Crippen LogP contribution < -0.4 is 10.1 Å². The largest absolute Gasteiger partial charge is 0.573 e. The van der Waals surface area contributed by atoms with Gasteiger partial charge in [0.05, 0.1) is 23.2 Å². The highest BCUT2D eigenvalue weighted by Gasteiger charge is 2.31. The van der Waals surface area contributed by atoms with E-state index in [1.54, 1.807) is 24.4 Å². The van der Waals surface area contributed by atoms with E-state index in [2.05, 4.69) is 15.2 Å². The van der Waals surface area contributed by atoms with Crippen molar-refractivity contribution < 1.29 is 22.7 Å². The van der Waals surface area contributed by atoms with Crippen LogP contribution in [0, 0.1) is 11.3 Å². The van der Waals surface area contributed by atoms with Crippen LogP contribution in [0.5, 0.6) is 5.75 Å². The molecule has 150 valence electrons. The third-order valence-corrected chi connectivity index (χ3v) is 4.34. The average molecular weight is 423 g/mol. The fourth-order valence-electron chi connectivity index (χ4n) is 2.70. The molecule has 0 radical (unpaired) electrons. The highest BCUT2D eigenvalue weighted by molar-refractivity contribution is 6.35. The first-order chi connectivity index (χ1) is 13.6. The molecule has 0 saturated carbocycles. The number of carbonyl (C=O) groups is 1. The molecular formula is C19H14ClF3N4O2. The maximum absolute atomic E-state index is 12.5. The Morgan fingerprint density at radius 3 is 2.55 bits per heavy atom. The third kappa shape index (κ3) is 4.97. The van der Waals surface area contributed by atoms with Crippen LogP contribution in [-0.4, -0.2) is 27.6 Å². The molecule has 0 fully saturated rings. The van der Waals surface area contributed by atoms with Gasteiger partial charge in [-0.25, -0.2) is 0 Å². The highest BCUT2D eigenvalue weighted by Crippen LogP contribution is 2.24. The van der Waals surface area contributed by atoms with E-state index >= 15 is 0 Å². The van der Waals surface area contributed by atoms with Gasteiger partial charge < -0.3 is 10.1 Å². The maximum Gasteiger partial charge on any atom is 0.573 e. The number of fused-ring (bicyclic) bond motifs is 1. The van der Waals surface area contributed by atoms with E-state index in [1.165, 1.54) is 23.7 Å². The second kappa shape index (κ2) is 7.64. The van der Waals surface area contributed by atoms with Crippen molar-refractivity contribution in [2.24, 2.45) is 0 Å². The summed E-state index contributed by atoms with van der Waals surface area (Å²) < 4.78 is 41.9. The van der Waals surface area contributed by atoms with Gasteiger partial charge in [-0.3, -0.25) is 9.48 Å². The molecule has 0 aliphatic rings. The van der Waals surface area contributed by atoms with Crippen LogP contribution >= 0.6 is 11.6 Å². The number of amides is 1. The summed E-state index contributed by atoms with van der Waals surface area (Å²) in [6.07, 6.45) is -3.15. The van der Waals surface area contributed by atoms with Gasteiger partial charge in [0, 0.05) is 17.1 Å². The summed E-state index contributed by atoms with van der Waals surface area (Å²) in [5.74, 6) is -1.07. The molecule has 0 spiro atoms. The molecule has 3 aromatic rings. The Morgan fingerprint density at radius 1 is 1.28 bits per heavy atom. The van der Waals surface area contributed by atoms with E-state index in [0.29, 0.717) is 15.9 Å². The summed E-state index contributed by atoms with van der Waals surface area (Å²) in [6.45, 7) is 1.55. The first-order valence-corrected chi connectivity index (χ1v) is 8.68. The third-order valence-electron chi connectivity index (χ3n) is 4.01. The van der Waals surface area contributed by atoms with E-state index in [1.807, 2.05) is 6.07 Å². The quantitative estimate of drug-likeness (QED) is 0.664. The van der Waals surface area contributed by atoms with E-state index < -0.39 is 23.6 Å². The lowest BCUT2D eigenvalue weighted by Gasteiger charge is -2.23. The van der Waals surface area contributed by atoms with Crippen LogP contribution in [-0.2, 0) is 6.54 Å². The number of aromatic nitrogens is 2. The fraction of sp³-hybridized carbons (Fsp3) is 0.211. The molecule has 1 amide bonds. The molecule has 1 aromatic heterocycles. The van der Waals surface area contributed by atoms with Gasteiger partial charge in [-0.1, -0.05) is 17.7 Å². The normalized spacial score (nSPS) is 13.5. The number of nitriles is 1. The summed E-state index contributed by atoms with van der Waals surface area (Å²) in [5, 5.41) is 17.7. The number of nitrogens with one attached hydrogen (secondary N) is 1. The molecule has 0 saturated heterocycles. The van der Waals surface area contributed by atoms with Crippen molar-refractivity contribution in [2.45, 2.75) is 25.4 Å². The summed E-state index contributed by atoms with van der Waals surface area (Å²) in [7, 11) is 0. The minimum absolute atomic E-state index is 0.0372. The molecule has 1 N–H and O–H groups in total.